The molecule has 0 aliphatic heterocycles. The molecule has 0 aliphatic rings. The van der Waals surface area contributed by atoms with Crippen molar-refractivity contribution in [1.29, 1.82) is 0 Å². The molecule has 0 unspecified atom stereocenters. The molecule has 0 saturated carbocycles. The van der Waals surface area contributed by atoms with Crippen molar-refractivity contribution in [3.05, 3.63) is 31.9 Å². The van der Waals surface area contributed by atoms with Gasteiger partial charge in [-0.25, -0.2) is 0 Å². The van der Waals surface area contributed by atoms with E-state index in [0.717, 1.165) is 0 Å². The minimum atomic E-state index is -0.502. The van der Waals surface area contributed by atoms with E-state index in [9.17, 15) is 14.9 Å². The van der Waals surface area contributed by atoms with Crippen LogP contribution in [0.4, 0.5) is 11.4 Å². The van der Waals surface area contributed by atoms with Crippen LogP contribution in [0.15, 0.2) is 18.2 Å². The van der Waals surface area contributed by atoms with E-state index in [2.05, 4.69) is 5.32 Å². The number of nitro benzene ring substituents is 1. The maximum Gasteiger partial charge on any atom is 0.272 e. The molecule has 0 fully saturated rings. The number of non-ortho nitro benzene ring substituents is 1. The number of benzene rings is 1. The second-order valence-corrected chi connectivity index (χ2v) is 3.46. The van der Waals surface area contributed by atoms with Crippen LogP contribution in [0.25, 0.3) is 0 Å². The van der Waals surface area contributed by atoms with E-state index in [0.29, 0.717) is 15.7 Å². The van der Waals surface area contributed by atoms with Crippen LogP contribution in [0.1, 0.15) is 0 Å². The summed E-state index contributed by atoms with van der Waals surface area (Å²) in [5, 5.41) is 12.7. The lowest BCUT2D eigenvalue weighted by Gasteiger charge is -1.99. The van der Waals surface area contributed by atoms with E-state index in [4.69, 9.17) is 0 Å². The van der Waals surface area contributed by atoms with Gasteiger partial charge in [0.15, 0.2) is 0 Å². The Labute approximate surface area is 87.4 Å². The lowest BCUT2D eigenvalue weighted by atomic mass is 10.3. The fourth-order valence-electron chi connectivity index (χ4n) is 0.831. The molecule has 0 atom stereocenters. The van der Waals surface area contributed by atoms with Crippen molar-refractivity contribution in [3.8, 4) is 0 Å². The molecule has 0 aromatic heterocycles. The number of hydrogen-bond acceptors (Lipinski definition) is 3. The fraction of sp³-hybridized carbons (Fsp3) is 0. The Kier molecular flexibility index (Phi) is 3.18. The van der Waals surface area contributed by atoms with Gasteiger partial charge in [0, 0.05) is 21.4 Å². The number of rotatable bonds is 3. The van der Waals surface area contributed by atoms with E-state index >= 15 is 0 Å². The maximum absolute atomic E-state index is 10.4. The molecule has 1 rings (SSSR count). The molecule has 0 radical (unpaired) electrons. The highest BCUT2D eigenvalue weighted by atomic mass is 127. The summed E-state index contributed by atoms with van der Waals surface area (Å²) in [5.41, 5.74) is 0.393. The molecule has 13 heavy (non-hydrogen) atoms. The Morgan fingerprint density at radius 2 is 2.15 bits per heavy atom. The van der Waals surface area contributed by atoms with Gasteiger partial charge < -0.3 is 5.32 Å². The lowest BCUT2D eigenvalue weighted by Crippen LogP contribution is -1.96. The van der Waals surface area contributed by atoms with Gasteiger partial charge >= 0.3 is 0 Å². The van der Waals surface area contributed by atoms with Gasteiger partial charge in [-0.3, -0.25) is 14.9 Å². The summed E-state index contributed by atoms with van der Waals surface area (Å²) in [5.74, 6) is 0. The minimum Gasteiger partial charge on any atom is -0.328 e. The summed E-state index contributed by atoms with van der Waals surface area (Å²) in [7, 11) is 0. The fourth-order valence-corrected chi connectivity index (χ4v) is 1.49. The molecule has 68 valence electrons. The van der Waals surface area contributed by atoms with Gasteiger partial charge in [-0.1, -0.05) is 0 Å². The number of carbonyl (C=O) groups is 1. The van der Waals surface area contributed by atoms with E-state index < -0.39 is 4.92 Å². The Bertz CT molecular complexity index is 354. The summed E-state index contributed by atoms with van der Waals surface area (Å²) in [6.07, 6.45) is 0.481. The van der Waals surface area contributed by atoms with Crippen molar-refractivity contribution in [3.63, 3.8) is 0 Å². The number of nitrogens with zero attached hydrogens (tertiary/aromatic N) is 1. The van der Waals surface area contributed by atoms with Crippen LogP contribution >= 0.6 is 22.6 Å². The summed E-state index contributed by atoms with van der Waals surface area (Å²) >= 11 is 1.94. The van der Waals surface area contributed by atoms with Gasteiger partial charge in [0.25, 0.3) is 5.69 Å². The Hall–Kier alpha value is -1.18. The van der Waals surface area contributed by atoms with Crippen LogP contribution in [0.2, 0.25) is 0 Å². The summed E-state index contributed by atoms with van der Waals surface area (Å²) < 4.78 is 0.705. The Balaban J connectivity index is 3.10. The number of anilines is 1. The lowest BCUT2D eigenvalue weighted by molar-refractivity contribution is -0.384. The predicted molar refractivity (Wildman–Crippen MR) is 55.5 cm³/mol. The van der Waals surface area contributed by atoms with Crippen molar-refractivity contribution in [2.45, 2.75) is 0 Å². The number of nitro groups is 1. The van der Waals surface area contributed by atoms with Crippen molar-refractivity contribution < 1.29 is 9.72 Å². The number of hydrogen-bond donors (Lipinski definition) is 1. The van der Waals surface area contributed by atoms with Crippen molar-refractivity contribution in [2.24, 2.45) is 0 Å². The first kappa shape index (κ1) is 9.90. The first-order chi connectivity index (χ1) is 6.13. The largest absolute Gasteiger partial charge is 0.328 e. The number of halogens is 1. The highest BCUT2D eigenvalue weighted by molar-refractivity contribution is 14.1. The van der Waals surface area contributed by atoms with Gasteiger partial charge in [-0.15, -0.1) is 0 Å². The van der Waals surface area contributed by atoms with Crippen LogP contribution in [-0.4, -0.2) is 11.3 Å². The molecular weight excluding hydrogens is 287 g/mol. The third-order valence-electron chi connectivity index (χ3n) is 1.32. The molecule has 6 heteroatoms. The van der Waals surface area contributed by atoms with Crippen LogP contribution in [-0.2, 0) is 4.79 Å². The van der Waals surface area contributed by atoms with Crippen LogP contribution in [0, 0.1) is 13.7 Å². The van der Waals surface area contributed by atoms with Gasteiger partial charge in [0.2, 0.25) is 6.41 Å². The monoisotopic (exact) mass is 292 g/mol. The molecule has 1 aromatic rings. The average Bonchev–Trinajstić information content (AvgIpc) is 2.03. The highest BCUT2D eigenvalue weighted by Crippen LogP contribution is 2.21. The number of nitrogens with one attached hydrogen (secondary N) is 1. The number of carbonyl (C=O) groups excluding carboxylic acids is 1. The zero-order valence-corrected chi connectivity index (χ0v) is 8.52. The molecule has 0 spiro atoms. The van der Waals surface area contributed by atoms with E-state index in [1.165, 1.54) is 12.1 Å². The number of amides is 1. The third kappa shape index (κ3) is 2.65. The van der Waals surface area contributed by atoms with Gasteiger partial charge in [0.05, 0.1) is 4.92 Å². The zero-order chi connectivity index (χ0) is 9.84. The standard InChI is InChI=1S/C7H5IN2O3/c8-5-1-6(9-4-11)3-7(2-5)10(12)13/h1-4H,(H,9,11). The molecule has 1 aromatic carbocycles. The van der Waals surface area contributed by atoms with Crippen LogP contribution in [0.3, 0.4) is 0 Å². The Morgan fingerprint density at radius 3 is 2.69 bits per heavy atom. The van der Waals surface area contributed by atoms with Crippen molar-refractivity contribution >= 4 is 40.4 Å². The van der Waals surface area contributed by atoms with E-state index in [1.54, 1.807) is 6.07 Å². The minimum absolute atomic E-state index is 0.0312. The molecule has 1 N–H and O–H groups in total. The maximum atomic E-state index is 10.4. The van der Waals surface area contributed by atoms with Crippen molar-refractivity contribution in [2.75, 3.05) is 5.32 Å². The second kappa shape index (κ2) is 4.17. The smallest absolute Gasteiger partial charge is 0.272 e. The molecule has 5 nitrogen and oxygen atoms in total. The quantitative estimate of drug-likeness (QED) is 0.399. The molecule has 0 aliphatic carbocycles. The van der Waals surface area contributed by atoms with Gasteiger partial charge in [-0.2, -0.15) is 0 Å². The summed E-state index contributed by atoms with van der Waals surface area (Å²) in [4.78, 5) is 20.0. The third-order valence-corrected chi connectivity index (χ3v) is 1.94. The molecule has 0 bridgehead atoms. The van der Waals surface area contributed by atoms with Crippen LogP contribution < -0.4 is 5.32 Å². The molecule has 0 saturated heterocycles. The molecule has 0 heterocycles. The van der Waals surface area contributed by atoms with E-state index in [1.807, 2.05) is 22.6 Å². The zero-order valence-electron chi connectivity index (χ0n) is 6.36. The second-order valence-electron chi connectivity index (χ2n) is 2.22. The summed E-state index contributed by atoms with van der Waals surface area (Å²) in [6, 6.07) is 4.37. The SMILES string of the molecule is O=CNc1cc(I)cc([N+](=O)[O-])c1. The highest BCUT2D eigenvalue weighted by Gasteiger charge is 2.07. The average molecular weight is 292 g/mol. The van der Waals surface area contributed by atoms with E-state index in [-0.39, 0.29) is 5.69 Å². The topological polar surface area (TPSA) is 72.2 Å². The first-order valence-corrected chi connectivity index (χ1v) is 4.36. The van der Waals surface area contributed by atoms with Crippen LogP contribution in [0.5, 0.6) is 0 Å². The summed E-state index contributed by atoms with van der Waals surface area (Å²) in [6.45, 7) is 0. The molecule has 1 amide bonds. The van der Waals surface area contributed by atoms with Gasteiger partial charge in [-0.05, 0) is 28.7 Å². The Morgan fingerprint density at radius 1 is 1.46 bits per heavy atom. The van der Waals surface area contributed by atoms with Crippen molar-refractivity contribution in [1.82, 2.24) is 0 Å². The first-order valence-electron chi connectivity index (χ1n) is 3.28. The van der Waals surface area contributed by atoms with Gasteiger partial charge in [0.1, 0.15) is 0 Å². The normalized spacial score (nSPS) is 9.31. The predicted octanol–water partition coefficient (Wildman–Crippen LogP) is 1.77. The molecular formula is C7H5IN2O3.